The van der Waals surface area contributed by atoms with E-state index in [0.717, 1.165) is 15.1 Å². The minimum atomic E-state index is 0.0389. The zero-order valence-corrected chi connectivity index (χ0v) is 11.5. The number of hydrogen-bond donors (Lipinski definition) is 1. The second-order valence-electron chi connectivity index (χ2n) is 5.15. The Hall–Kier alpha value is -0.390. The van der Waals surface area contributed by atoms with Crippen molar-refractivity contribution in [1.82, 2.24) is 9.97 Å². The molecule has 1 aliphatic rings. The molecule has 3 nitrogen and oxygen atoms in total. The van der Waals surface area contributed by atoms with Crippen LogP contribution < -0.4 is 5.73 Å². The Balaban J connectivity index is 2.52. The fourth-order valence-electron chi connectivity index (χ4n) is 1.50. The highest BCUT2D eigenvalue weighted by Crippen LogP contribution is 2.40. The van der Waals surface area contributed by atoms with Gasteiger partial charge in [-0.25, -0.2) is 9.97 Å². The molecular weight excluding hydrogens is 301 g/mol. The lowest BCUT2D eigenvalue weighted by Crippen LogP contribution is -2.19. The normalized spacial score (nSPS) is 16.8. The molecule has 0 spiro atoms. The highest BCUT2D eigenvalue weighted by Gasteiger charge is 2.30. The number of nitrogens with zero attached hydrogens (tertiary/aromatic N) is 2. The van der Waals surface area contributed by atoms with Gasteiger partial charge in [0, 0.05) is 11.3 Å². The van der Waals surface area contributed by atoms with Gasteiger partial charge in [-0.1, -0.05) is 20.8 Å². The zero-order valence-electron chi connectivity index (χ0n) is 9.34. The van der Waals surface area contributed by atoms with Crippen LogP contribution in [0.3, 0.4) is 0 Å². The molecule has 2 N–H and O–H groups in total. The molecule has 0 aromatic carbocycles. The van der Waals surface area contributed by atoms with Gasteiger partial charge in [-0.3, -0.25) is 0 Å². The molecule has 4 heteroatoms. The fraction of sp³-hybridized carbons (Fsp3) is 0.636. The third kappa shape index (κ3) is 2.24. The van der Waals surface area contributed by atoms with E-state index in [0.29, 0.717) is 11.7 Å². The maximum absolute atomic E-state index is 5.93. The van der Waals surface area contributed by atoms with Crippen molar-refractivity contribution in [1.29, 1.82) is 0 Å². The van der Waals surface area contributed by atoms with Crippen LogP contribution in [0.2, 0.25) is 0 Å². The first-order valence-electron chi connectivity index (χ1n) is 5.23. The molecule has 0 aliphatic heterocycles. The van der Waals surface area contributed by atoms with Crippen LogP contribution in [0.1, 0.15) is 51.0 Å². The molecule has 0 bridgehead atoms. The SMILES string of the molecule is CC(C)(C)c1nc(C2CC2)nc(N)c1I. The average Bonchev–Trinajstić information content (AvgIpc) is 2.90. The van der Waals surface area contributed by atoms with Crippen molar-refractivity contribution in [3.05, 3.63) is 15.1 Å². The third-order valence-corrected chi connectivity index (χ3v) is 3.61. The molecule has 15 heavy (non-hydrogen) atoms. The van der Waals surface area contributed by atoms with Crippen LogP contribution in [0.5, 0.6) is 0 Å². The first-order chi connectivity index (χ1) is 6.89. The summed E-state index contributed by atoms with van der Waals surface area (Å²) in [6.07, 6.45) is 2.42. The zero-order chi connectivity index (χ0) is 11.2. The maximum atomic E-state index is 5.93. The second kappa shape index (κ2) is 3.57. The average molecular weight is 317 g/mol. The summed E-state index contributed by atoms with van der Waals surface area (Å²) < 4.78 is 1.00. The number of halogens is 1. The lowest BCUT2D eigenvalue weighted by molar-refractivity contribution is 0.558. The van der Waals surface area contributed by atoms with Crippen molar-refractivity contribution in [2.45, 2.75) is 44.9 Å². The van der Waals surface area contributed by atoms with Crippen molar-refractivity contribution in [3.8, 4) is 0 Å². The predicted molar refractivity (Wildman–Crippen MR) is 69.8 cm³/mol. The van der Waals surface area contributed by atoms with Crippen molar-refractivity contribution in [2.75, 3.05) is 5.73 Å². The van der Waals surface area contributed by atoms with Crippen LogP contribution >= 0.6 is 22.6 Å². The van der Waals surface area contributed by atoms with Gasteiger partial charge in [-0.15, -0.1) is 0 Å². The molecule has 1 saturated carbocycles. The maximum Gasteiger partial charge on any atom is 0.140 e. The summed E-state index contributed by atoms with van der Waals surface area (Å²) >= 11 is 2.24. The van der Waals surface area contributed by atoms with E-state index in [-0.39, 0.29) is 5.41 Å². The fourth-order valence-corrected chi connectivity index (χ4v) is 2.55. The van der Waals surface area contributed by atoms with Gasteiger partial charge < -0.3 is 5.73 Å². The van der Waals surface area contributed by atoms with Gasteiger partial charge in [-0.2, -0.15) is 0 Å². The van der Waals surface area contributed by atoms with Gasteiger partial charge in [0.1, 0.15) is 11.6 Å². The summed E-state index contributed by atoms with van der Waals surface area (Å²) in [7, 11) is 0. The van der Waals surface area contributed by atoms with E-state index in [1.807, 2.05) is 0 Å². The number of anilines is 1. The standard InChI is InChI=1S/C11H16IN3/c1-11(2,3)8-7(12)9(13)15-10(14-8)6-4-5-6/h6H,4-5H2,1-3H3,(H2,13,14,15). The Morgan fingerprint density at radius 1 is 1.27 bits per heavy atom. The van der Waals surface area contributed by atoms with Crippen LogP contribution in [0.25, 0.3) is 0 Å². The molecular formula is C11H16IN3. The molecule has 0 unspecified atom stereocenters. The van der Waals surface area contributed by atoms with Crippen molar-refractivity contribution >= 4 is 28.4 Å². The molecule has 2 rings (SSSR count). The highest BCUT2D eigenvalue weighted by atomic mass is 127. The van der Waals surface area contributed by atoms with Crippen LogP contribution in [-0.2, 0) is 5.41 Å². The Bertz CT molecular complexity index is 392. The van der Waals surface area contributed by atoms with Crippen LogP contribution in [0, 0.1) is 3.57 Å². The van der Waals surface area contributed by atoms with Gasteiger partial charge in [-0.05, 0) is 35.4 Å². The molecule has 1 aliphatic carbocycles. The first kappa shape index (κ1) is 11.1. The van der Waals surface area contributed by atoms with Gasteiger partial charge in [0.15, 0.2) is 0 Å². The van der Waals surface area contributed by atoms with E-state index in [1.165, 1.54) is 12.8 Å². The molecule has 0 atom stereocenters. The largest absolute Gasteiger partial charge is 0.383 e. The van der Waals surface area contributed by atoms with E-state index < -0.39 is 0 Å². The lowest BCUT2D eigenvalue weighted by atomic mass is 9.92. The smallest absolute Gasteiger partial charge is 0.140 e. The van der Waals surface area contributed by atoms with Crippen LogP contribution in [-0.4, -0.2) is 9.97 Å². The Morgan fingerprint density at radius 2 is 1.87 bits per heavy atom. The molecule has 0 saturated heterocycles. The summed E-state index contributed by atoms with van der Waals surface area (Å²) in [5, 5.41) is 0. The summed E-state index contributed by atoms with van der Waals surface area (Å²) in [6, 6.07) is 0. The van der Waals surface area contributed by atoms with Crippen LogP contribution in [0.15, 0.2) is 0 Å². The third-order valence-electron chi connectivity index (χ3n) is 2.55. The second-order valence-corrected chi connectivity index (χ2v) is 6.23. The number of hydrogen-bond acceptors (Lipinski definition) is 3. The Morgan fingerprint density at radius 3 is 2.33 bits per heavy atom. The quantitative estimate of drug-likeness (QED) is 0.810. The Labute approximate surface area is 104 Å². The highest BCUT2D eigenvalue weighted by molar-refractivity contribution is 14.1. The molecule has 1 aromatic rings. The van der Waals surface area contributed by atoms with Crippen molar-refractivity contribution in [2.24, 2.45) is 0 Å². The predicted octanol–water partition coefficient (Wildman–Crippen LogP) is 2.84. The number of aromatic nitrogens is 2. The van der Waals surface area contributed by atoms with E-state index in [4.69, 9.17) is 5.73 Å². The molecule has 0 radical (unpaired) electrons. The van der Waals surface area contributed by atoms with Gasteiger partial charge in [0.2, 0.25) is 0 Å². The van der Waals surface area contributed by atoms with E-state index in [2.05, 4.69) is 53.3 Å². The Kier molecular flexibility index (Phi) is 2.65. The number of rotatable bonds is 1. The van der Waals surface area contributed by atoms with Crippen molar-refractivity contribution < 1.29 is 0 Å². The topological polar surface area (TPSA) is 51.8 Å². The summed E-state index contributed by atoms with van der Waals surface area (Å²) in [6.45, 7) is 6.48. The molecule has 1 fully saturated rings. The molecule has 82 valence electrons. The van der Waals surface area contributed by atoms with E-state index in [1.54, 1.807) is 0 Å². The van der Waals surface area contributed by atoms with Gasteiger partial charge in [0.05, 0.1) is 9.26 Å². The first-order valence-corrected chi connectivity index (χ1v) is 6.31. The summed E-state index contributed by atoms with van der Waals surface area (Å²) in [5.74, 6) is 2.14. The van der Waals surface area contributed by atoms with Gasteiger partial charge >= 0.3 is 0 Å². The summed E-state index contributed by atoms with van der Waals surface area (Å²) in [4.78, 5) is 9.04. The van der Waals surface area contributed by atoms with E-state index in [9.17, 15) is 0 Å². The number of nitrogen functional groups attached to an aromatic ring is 1. The van der Waals surface area contributed by atoms with Crippen LogP contribution in [0.4, 0.5) is 5.82 Å². The molecule has 0 amide bonds. The minimum absolute atomic E-state index is 0.0389. The minimum Gasteiger partial charge on any atom is -0.383 e. The number of nitrogens with two attached hydrogens (primary N) is 1. The van der Waals surface area contributed by atoms with Gasteiger partial charge in [0.25, 0.3) is 0 Å². The van der Waals surface area contributed by atoms with Crippen molar-refractivity contribution in [3.63, 3.8) is 0 Å². The summed E-state index contributed by atoms with van der Waals surface area (Å²) in [5.41, 5.74) is 7.05. The lowest BCUT2D eigenvalue weighted by Gasteiger charge is -2.20. The molecule has 1 aromatic heterocycles. The molecule has 1 heterocycles. The monoisotopic (exact) mass is 317 g/mol. The van der Waals surface area contributed by atoms with E-state index >= 15 is 0 Å².